The van der Waals surface area contributed by atoms with Gasteiger partial charge in [0.15, 0.2) is 0 Å². The lowest BCUT2D eigenvalue weighted by molar-refractivity contribution is 0.548. The highest BCUT2D eigenvalue weighted by Crippen LogP contribution is 2.20. The molecule has 1 aromatic heterocycles. The summed E-state index contributed by atoms with van der Waals surface area (Å²) in [5, 5.41) is 3.54. The van der Waals surface area contributed by atoms with Gasteiger partial charge in [-0.3, -0.25) is 4.98 Å². The number of hydrogen-bond acceptors (Lipinski definition) is 2. The molecule has 1 aromatic carbocycles. The van der Waals surface area contributed by atoms with Gasteiger partial charge in [-0.1, -0.05) is 41.1 Å². The average molecular weight is 319 g/mol. The Balaban J connectivity index is 2.21. The van der Waals surface area contributed by atoms with Gasteiger partial charge in [-0.15, -0.1) is 0 Å². The molecular formula is C16H19BrN2. The zero-order valence-corrected chi connectivity index (χ0v) is 12.9. The van der Waals surface area contributed by atoms with E-state index in [2.05, 4.69) is 70.4 Å². The normalized spacial score (nSPS) is 12.4. The number of halogens is 1. The molecule has 1 unspecified atom stereocenters. The van der Waals surface area contributed by atoms with Crippen LogP contribution in [-0.2, 0) is 6.42 Å². The molecule has 2 nitrogen and oxygen atoms in total. The zero-order chi connectivity index (χ0) is 13.7. The van der Waals surface area contributed by atoms with E-state index in [0.717, 1.165) is 17.4 Å². The van der Waals surface area contributed by atoms with Crippen LogP contribution in [0.2, 0.25) is 0 Å². The molecule has 0 saturated heterocycles. The van der Waals surface area contributed by atoms with Crippen LogP contribution in [0.1, 0.15) is 29.7 Å². The third-order valence-electron chi connectivity index (χ3n) is 3.08. The summed E-state index contributed by atoms with van der Waals surface area (Å²) in [5.74, 6) is 0. The van der Waals surface area contributed by atoms with Gasteiger partial charge in [0.25, 0.3) is 0 Å². The number of rotatable bonds is 5. The number of nitrogens with one attached hydrogen (secondary N) is 1. The summed E-state index contributed by atoms with van der Waals surface area (Å²) in [6, 6.07) is 11.0. The van der Waals surface area contributed by atoms with Crippen molar-refractivity contribution in [3.05, 3.63) is 63.9 Å². The van der Waals surface area contributed by atoms with E-state index in [1.165, 1.54) is 16.7 Å². The van der Waals surface area contributed by atoms with Crippen LogP contribution >= 0.6 is 15.9 Å². The Labute approximate surface area is 123 Å². The highest BCUT2D eigenvalue weighted by Gasteiger charge is 2.11. The summed E-state index contributed by atoms with van der Waals surface area (Å²) in [6.45, 7) is 5.17. The first-order chi connectivity index (χ1) is 9.19. The number of nitrogens with zero attached hydrogens (tertiary/aromatic N) is 1. The molecule has 0 aliphatic carbocycles. The van der Waals surface area contributed by atoms with Gasteiger partial charge in [0.05, 0.1) is 0 Å². The highest BCUT2D eigenvalue weighted by molar-refractivity contribution is 9.10. The Morgan fingerprint density at radius 2 is 2.11 bits per heavy atom. The molecule has 0 bridgehead atoms. The summed E-state index contributed by atoms with van der Waals surface area (Å²) in [5.41, 5.74) is 3.78. The SMILES string of the molecule is CCNC(Cc1cccc(Br)c1)c1cncc(C)c1. The lowest BCUT2D eigenvalue weighted by atomic mass is 9.99. The first-order valence-electron chi connectivity index (χ1n) is 6.58. The Bertz CT molecular complexity index is 540. The van der Waals surface area contributed by atoms with Crippen LogP contribution in [0.15, 0.2) is 47.2 Å². The molecule has 1 heterocycles. The lowest BCUT2D eigenvalue weighted by Gasteiger charge is -2.18. The molecule has 100 valence electrons. The average Bonchev–Trinajstić information content (AvgIpc) is 2.38. The van der Waals surface area contributed by atoms with E-state index in [0.29, 0.717) is 6.04 Å². The van der Waals surface area contributed by atoms with Gasteiger partial charge < -0.3 is 5.32 Å². The fraction of sp³-hybridized carbons (Fsp3) is 0.312. The zero-order valence-electron chi connectivity index (χ0n) is 11.4. The van der Waals surface area contributed by atoms with Crippen LogP contribution in [0.25, 0.3) is 0 Å². The van der Waals surface area contributed by atoms with E-state index in [9.17, 15) is 0 Å². The van der Waals surface area contributed by atoms with Crippen molar-refractivity contribution in [1.29, 1.82) is 0 Å². The number of aromatic nitrogens is 1. The second-order valence-corrected chi connectivity index (χ2v) is 5.66. The van der Waals surface area contributed by atoms with Gasteiger partial charge in [0.2, 0.25) is 0 Å². The molecule has 2 rings (SSSR count). The quantitative estimate of drug-likeness (QED) is 0.899. The Hall–Kier alpha value is -1.19. The number of hydrogen-bond donors (Lipinski definition) is 1. The van der Waals surface area contributed by atoms with Crippen molar-refractivity contribution in [2.24, 2.45) is 0 Å². The van der Waals surface area contributed by atoms with Crippen molar-refractivity contribution in [2.75, 3.05) is 6.54 Å². The molecule has 19 heavy (non-hydrogen) atoms. The van der Waals surface area contributed by atoms with E-state index in [4.69, 9.17) is 0 Å². The summed E-state index contributed by atoms with van der Waals surface area (Å²) in [6.07, 6.45) is 4.82. The molecule has 0 saturated carbocycles. The molecule has 0 aliphatic heterocycles. The predicted octanol–water partition coefficient (Wildman–Crippen LogP) is 4.05. The van der Waals surface area contributed by atoms with Crippen molar-refractivity contribution in [3.63, 3.8) is 0 Å². The molecule has 0 aliphatic rings. The fourth-order valence-corrected chi connectivity index (χ4v) is 2.67. The van der Waals surface area contributed by atoms with Crippen LogP contribution in [0, 0.1) is 6.92 Å². The highest BCUT2D eigenvalue weighted by atomic mass is 79.9. The molecule has 1 N–H and O–H groups in total. The van der Waals surface area contributed by atoms with Crippen LogP contribution in [0.5, 0.6) is 0 Å². The molecule has 0 fully saturated rings. The largest absolute Gasteiger partial charge is 0.310 e. The number of benzene rings is 1. The topological polar surface area (TPSA) is 24.9 Å². The van der Waals surface area contributed by atoms with Crippen molar-refractivity contribution >= 4 is 15.9 Å². The monoisotopic (exact) mass is 318 g/mol. The maximum absolute atomic E-state index is 4.30. The van der Waals surface area contributed by atoms with E-state index in [1.54, 1.807) is 0 Å². The molecule has 2 aromatic rings. The maximum atomic E-state index is 4.30. The lowest BCUT2D eigenvalue weighted by Crippen LogP contribution is -2.23. The Morgan fingerprint density at radius 1 is 1.26 bits per heavy atom. The van der Waals surface area contributed by atoms with Gasteiger partial charge >= 0.3 is 0 Å². The molecule has 0 radical (unpaired) electrons. The number of aryl methyl sites for hydroxylation is 1. The van der Waals surface area contributed by atoms with Gasteiger partial charge in [-0.25, -0.2) is 0 Å². The standard InChI is InChI=1S/C16H19BrN2/c1-3-19-16(14-7-12(2)10-18-11-14)9-13-5-4-6-15(17)8-13/h4-8,10-11,16,19H,3,9H2,1-2H3. The molecule has 3 heteroatoms. The van der Waals surface area contributed by atoms with Crippen molar-refractivity contribution in [2.45, 2.75) is 26.3 Å². The first kappa shape index (κ1) is 14.2. The third-order valence-corrected chi connectivity index (χ3v) is 3.57. The minimum atomic E-state index is 0.312. The van der Waals surface area contributed by atoms with E-state index in [-0.39, 0.29) is 0 Å². The third kappa shape index (κ3) is 4.15. The predicted molar refractivity (Wildman–Crippen MR) is 83.2 cm³/mol. The van der Waals surface area contributed by atoms with Crippen LogP contribution < -0.4 is 5.32 Å². The second-order valence-electron chi connectivity index (χ2n) is 4.74. The molecule has 1 atom stereocenters. The van der Waals surface area contributed by atoms with E-state index in [1.807, 2.05) is 12.4 Å². The molecule has 0 amide bonds. The first-order valence-corrected chi connectivity index (χ1v) is 7.37. The van der Waals surface area contributed by atoms with Crippen molar-refractivity contribution in [3.8, 4) is 0 Å². The summed E-state index contributed by atoms with van der Waals surface area (Å²) in [7, 11) is 0. The minimum Gasteiger partial charge on any atom is -0.310 e. The van der Waals surface area contributed by atoms with Gasteiger partial charge in [0, 0.05) is 22.9 Å². The van der Waals surface area contributed by atoms with E-state index < -0.39 is 0 Å². The number of pyridine rings is 1. The molecular weight excluding hydrogens is 300 g/mol. The summed E-state index contributed by atoms with van der Waals surface area (Å²) >= 11 is 3.53. The maximum Gasteiger partial charge on any atom is 0.0376 e. The Morgan fingerprint density at radius 3 is 2.79 bits per heavy atom. The van der Waals surface area contributed by atoms with Crippen LogP contribution in [0.4, 0.5) is 0 Å². The van der Waals surface area contributed by atoms with Crippen molar-refractivity contribution < 1.29 is 0 Å². The summed E-state index contributed by atoms with van der Waals surface area (Å²) < 4.78 is 1.13. The molecule has 0 spiro atoms. The Kier molecular flexibility index (Phi) is 5.11. The van der Waals surface area contributed by atoms with Gasteiger partial charge in [-0.05, 0) is 48.7 Å². The van der Waals surface area contributed by atoms with Crippen molar-refractivity contribution in [1.82, 2.24) is 10.3 Å². The summed E-state index contributed by atoms with van der Waals surface area (Å²) in [4.78, 5) is 4.30. The number of likely N-dealkylation sites (N-methyl/N-ethyl adjacent to an activating group) is 1. The van der Waals surface area contributed by atoms with Gasteiger partial charge in [-0.2, -0.15) is 0 Å². The van der Waals surface area contributed by atoms with Crippen LogP contribution in [0.3, 0.4) is 0 Å². The van der Waals surface area contributed by atoms with Crippen LogP contribution in [-0.4, -0.2) is 11.5 Å². The minimum absolute atomic E-state index is 0.312. The van der Waals surface area contributed by atoms with E-state index >= 15 is 0 Å². The fourth-order valence-electron chi connectivity index (χ4n) is 2.22. The second kappa shape index (κ2) is 6.83. The van der Waals surface area contributed by atoms with Gasteiger partial charge in [0.1, 0.15) is 0 Å². The smallest absolute Gasteiger partial charge is 0.0376 e.